The smallest absolute Gasteiger partial charge is 0.0674 e. The van der Waals surface area contributed by atoms with Gasteiger partial charge in [-0.2, -0.15) is 0 Å². The third-order valence-corrected chi connectivity index (χ3v) is 3.36. The highest BCUT2D eigenvalue weighted by Crippen LogP contribution is 2.21. The summed E-state index contributed by atoms with van der Waals surface area (Å²) in [4.78, 5) is 2.38. The van der Waals surface area contributed by atoms with E-state index < -0.39 is 0 Å². The molecule has 94 valence electrons. The molecule has 1 atom stereocenters. The monoisotopic (exact) mass is 254 g/mol. The van der Waals surface area contributed by atoms with Gasteiger partial charge >= 0.3 is 0 Å². The van der Waals surface area contributed by atoms with Gasteiger partial charge in [0.2, 0.25) is 0 Å². The van der Waals surface area contributed by atoms with Crippen LogP contribution in [0, 0.1) is 0 Å². The highest BCUT2D eigenvalue weighted by Gasteiger charge is 2.15. The molecule has 2 rings (SSSR count). The summed E-state index contributed by atoms with van der Waals surface area (Å²) in [6, 6.07) is 5.72. The fraction of sp³-hybridized carbons (Fsp3) is 0.538. The zero-order valence-electron chi connectivity index (χ0n) is 10.2. The number of rotatable bonds is 2. The molecule has 0 bridgehead atoms. The summed E-state index contributed by atoms with van der Waals surface area (Å²) in [5.74, 6) is 0. The summed E-state index contributed by atoms with van der Waals surface area (Å²) >= 11 is 6.19. The number of hydrogen-bond donors (Lipinski definition) is 1. The topological polar surface area (TPSA) is 38.5 Å². The predicted octanol–water partition coefficient (Wildman–Crippen LogP) is 2.53. The number of nitrogen functional groups attached to an aromatic ring is 1. The van der Waals surface area contributed by atoms with E-state index in [1.54, 1.807) is 0 Å². The summed E-state index contributed by atoms with van der Waals surface area (Å²) < 4.78 is 5.63. The maximum Gasteiger partial charge on any atom is 0.0674 e. The average molecular weight is 255 g/mol. The number of ether oxygens (including phenoxy) is 1. The maximum atomic E-state index is 6.19. The van der Waals surface area contributed by atoms with Crippen LogP contribution in [0.3, 0.4) is 0 Å². The average Bonchev–Trinajstić information content (AvgIpc) is 2.47. The Morgan fingerprint density at radius 3 is 3.12 bits per heavy atom. The molecule has 1 aromatic carbocycles. The van der Waals surface area contributed by atoms with Crippen molar-refractivity contribution in [2.45, 2.75) is 26.0 Å². The predicted molar refractivity (Wildman–Crippen MR) is 71.2 cm³/mol. The first-order valence-corrected chi connectivity index (χ1v) is 6.41. The minimum atomic E-state index is 0.296. The summed E-state index contributed by atoms with van der Waals surface area (Å²) in [5, 5.41) is 0.753. The van der Waals surface area contributed by atoms with Gasteiger partial charge < -0.3 is 10.5 Å². The first kappa shape index (κ1) is 12.7. The molecule has 0 aliphatic carbocycles. The van der Waals surface area contributed by atoms with Crippen LogP contribution in [0.15, 0.2) is 18.2 Å². The van der Waals surface area contributed by atoms with E-state index in [2.05, 4.69) is 11.8 Å². The fourth-order valence-electron chi connectivity index (χ4n) is 2.16. The second-order valence-corrected chi connectivity index (χ2v) is 5.03. The normalized spacial score (nSPS) is 22.4. The van der Waals surface area contributed by atoms with E-state index in [1.807, 2.05) is 18.2 Å². The molecule has 0 amide bonds. The molecule has 1 saturated heterocycles. The summed E-state index contributed by atoms with van der Waals surface area (Å²) in [6.45, 7) is 5.86. The summed E-state index contributed by atoms with van der Waals surface area (Å²) in [5.41, 5.74) is 7.54. The first-order chi connectivity index (χ1) is 8.15. The van der Waals surface area contributed by atoms with E-state index in [4.69, 9.17) is 22.1 Å². The van der Waals surface area contributed by atoms with E-state index in [9.17, 15) is 0 Å². The van der Waals surface area contributed by atoms with Gasteiger partial charge in [0, 0.05) is 37.0 Å². The molecule has 17 heavy (non-hydrogen) atoms. The van der Waals surface area contributed by atoms with Gasteiger partial charge in [-0.1, -0.05) is 17.7 Å². The molecule has 1 fully saturated rings. The van der Waals surface area contributed by atoms with E-state index in [1.165, 1.54) is 0 Å². The fourth-order valence-corrected chi connectivity index (χ4v) is 2.41. The van der Waals surface area contributed by atoms with Crippen LogP contribution in [0.25, 0.3) is 0 Å². The van der Waals surface area contributed by atoms with Crippen molar-refractivity contribution in [3.8, 4) is 0 Å². The van der Waals surface area contributed by atoms with Gasteiger partial charge in [0.1, 0.15) is 0 Å². The van der Waals surface area contributed by atoms with Crippen molar-refractivity contribution in [2.24, 2.45) is 0 Å². The number of nitrogens with two attached hydrogens (primary N) is 1. The number of halogens is 1. The second-order valence-electron chi connectivity index (χ2n) is 4.62. The molecular formula is C13H19ClN2O. The molecule has 1 aliphatic rings. The van der Waals surface area contributed by atoms with Crippen LogP contribution in [0.4, 0.5) is 5.69 Å². The molecule has 0 spiro atoms. The molecule has 1 heterocycles. The molecule has 0 radical (unpaired) electrons. The van der Waals surface area contributed by atoms with E-state index in [-0.39, 0.29) is 0 Å². The van der Waals surface area contributed by atoms with Crippen molar-refractivity contribution >= 4 is 17.3 Å². The molecule has 0 saturated carbocycles. The quantitative estimate of drug-likeness (QED) is 0.825. The lowest BCUT2D eigenvalue weighted by Gasteiger charge is -2.22. The summed E-state index contributed by atoms with van der Waals surface area (Å²) in [7, 11) is 0. The van der Waals surface area contributed by atoms with Gasteiger partial charge in [-0.05, 0) is 31.0 Å². The van der Waals surface area contributed by atoms with Crippen LogP contribution in [0.1, 0.15) is 18.9 Å². The Morgan fingerprint density at radius 2 is 2.35 bits per heavy atom. The third-order valence-electron chi connectivity index (χ3n) is 3.01. The van der Waals surface area contributed by atoms with Crippen LogP contribution < -0.4 is 5.73 Å². The van der Waals surface area contributed by atoms with Crippen molar-refractivity contribution in [1.29, 1.82) is 0 Å². The lowest BCUT2D eigenvalue weighted by molar-refractivity contribution is 0.0668. The van der Waals surface area contributed by atoms with Crippen molar-refractivity contribution in [3.05, 3.63) is 28.8 Å². The molecule has 3 nitrogen and oxygen atoms in total. The minimum Gasteiger partial charge on any atom is -0.399 e. The van der Waals surface area contributed by atoms with Gasteiger partial charge in [-0.15, -0.1) is 0 Å². The highest BCUT2D eigenvalue weighted by molar-refractivity contribution is 6.31. The van der Waals surface area contributed by atoms with Gasteiger partial charge in [0.05, 0.1) is 6.10 Å². The standard InChI is InChI=1S/C13H19ClN2O/c1-10-8-16(5-2-6-17-10)9-11-3-4-12(15)7-13(11)14/h3-4,7,10H,2,5-6,8-9,15H2,1H3. The van der Waals surface area contributed by atoms with Crippen LogP contribution in [0.2, 0.25) is 5.02 Å². The SMILES string of the molecule is CC1CN(Cc2ccc(N)cc2Cl)CCCO1. The van der Waals surface area contributed by atoms with Crippen molar-refractivity contribution in [3.63, 3.8) is 0 Å². The summed E-state index contributed by atoms with van der Waals surface area (Å²) in [6.07, 6.45) is 1.38. The molecule has 4 heteroatoms. The van der Waals surface area contributed by atoms with Crippen LogP contribution >= 0.6 is 11.6 Å². The van der Waals surface area contributed by atoms with Crippen LogP contribution in [-0.4, -0.2) is 30.7 Å². The zero-order valence-corrected chi connectivity index (χ0v) is 10.9. The molecule has 1 aliphatic heterocycles. The van der Waals surface area contributed by atoms with Crippen LogP contribution in [0.5, 0.6) is 0 Å². The Balaban J connectivity index is 2.03. The van der Waals surface area contributed by atoms with Gasteiger partial charge in [0.15, 0.2) is 0 Å². The maximum absolute atomic E-state index is 6.19. The third kappa shape index (κ3) is 3.60. The van der Waals surface area contributed by atoms with Crippen molar-refractivity contribution < 1.29 is 4.74 Å². The second kappa shape index (κ2) is 5.71. The lowest BCUT2D eigenvalue weighted by atomic mass is 10.2. The molecule has 2 N–H and O–H groups in total. The van der Waals surface area contributed by atoms with E-state index >= 15 is 0 Å². The lowest BCUT2D eigenvalue weighted by Crippen LogP contribution is -2.29. The number of nitrogens with zero attached hydrogens (tertiary/aromatic N) is 1. The van der Waals surface area contributed by atoms with Gasteiger partial charge in [-0.3, -0.25) is 4.90 Å². The Kier molecular flexibility index (Phi) is 4.26. The molecule has 0 aromatic heterocycles. The Morgan fingerprint density at radius 1 is 1.53 bits per heavy atom. The van der Waals surface area contributed by atoms with Crippen molar-refractivity contribution in [1.82, 2.24) is 4.90 Å². The van der Waals surface area contributed by atoms with Crippen molar-refractivity contribution in [2.75, 3.05) is 25.4 Å². The van der Waals surface area contributed by atoms with E-state index in [0.29, 0.717) is 11.8 Å². The van der Waals surface area contributed by atoms with E-state index in [0.717, 1.165) is 43.2 Å². The highest BCUT2D eigenvalue weighted by atomic mass is 35.5. The zero-order chi connectivity index (χ0) is 12.3. The largest absolute Gasteiger partial charge is 0.399 e. The molecule has 1 aromatic rings. The van der Waals surface area contributed by atoms with Gasteiger partial charge in [-0.25, -0.2) is 0 Å². The number of hydrogen-bond acceptors (Lipinski definition) is 3. The Labute approximate surface area is 107 Å². The van der Waals surface area contributed by atoms with Crippen LogP contribution in [-0.2, 0) is 11.3 Å². The minimum absolute atomic E-state index is 0.296. The Hall–Kier alpha value is -0.770. The first-order valence-electron chi connectivity index (χ1n) is 6.03. The Bertz CT molecular complexity index is 384. The number of anilines is 1. The van der Waals surface area contributed by atoms with Gasteiger partial charge in [0.25, 0.3) is 0 Å². The molecular weight excluding hydrogens is 236 g/mol. The molecule has 1 unspecified atom stereocenters. The number of benzene rings is 1.